The Hall–Kier alpha value is -1.59. The first kappa shape index (κ1) is 12.9. The lowest BCUT2D eigenvalue weighted by Crippen LogP contribution is -2.43. The second-order valence-electron chi connectivity index (χ2n) is 4.26. The molecule has 0 aromatic heterocycles. The van der Waals surface area contributed by atoms with Gasteiger partial charge in [0.15, 0.2) is 0 Å². The highest BCUT2D eigenvalue weighted by molar-refractivity contribution is 5.89. The van der Waals surface area contributed by atoms with Crippen LogP contribution in [0, 0.1) is 0 Å². The summed E-state index contributed by atoms with van der Waals surface area (Å²) in [5.41, 5.74) is 1.98. The number of nitrogens with one attached hydrogen (secondary N) is 2. The van der Waals surface area contributed by atoms with Crippen LogP contribution in [-0.4, -0.2) is 44.3 Å². The molecule has 2 amide bonds. The maximum atomic E-state index is 12.0. The summed E-state index contributed by atoms with van der Waals surface area (Å²) in [4.78, 5) is 13.8. The van der Waals surface area contributed by atoms with Gasteiger partial charge in [0.2, 0.25) is 0 Å². The van der Waals surface area contributed by atoms with Crippen molar-refractivity contribution in [2.45, 2.75) is 6.54 Å². The van der Waals surface area contributed by atoms with Crippen molar-refractivity contribution in [1.29, 1.82) is 0 Å². The number of amides is 2. The number of benzene rings is 1. The fourth-order valence-corrected chi connectivity index (χ4v) is 1.93. The molecule has 5 nitrogen and oxygen atoms in total. The van der Waals surface area contributed by atoms with E-state index in [2.05, 4.69) is 10.6 Å². The zero-order valence-electron chi connectivity index (χ0n) is 10.6. The largest absolute Gasteiger partial charge is 0.378 e. The summed E-state index contributed by atoms with van der Waals surface area (Å²) in [6.07, 6.45) is 0. The molecule has 98 valence electrons. The summed E-state index contributed by atoms with van der Waals surface area (Å²) in [6.45, 7) is 3.34. The number of nitrogens with zero attached hydrogens (tertiary/aromatic N) is 1. The summed E-state index contributed by atoms with van der Waals surface area (Å²) in [6, 6.07) is 7.80. The molecule has 0 bridgehead atoms. The molecule has 0 radical (unpaired) electrons. The molecule has 0 atom stereocenters. The number of rotatable bonds is 3. The molecule has 2 N–H and O–H groups in total. The molecule has 0 spiro atoms. The highest BCUT2D eigenvalue weighted by Gasteiger charge is 2.16. The van der Waals surface area contributed by atoms with E-state index < -0.39 is 0 Å². The fourth-order valence-electron chi connectivity index (χ4n) is 1.93. The third-order valence-corrected chi connectivity index (χ3v) is 2.86. The summed E-state index contributed by atoms with van der Waals surface area (Å²) in [5, 5.41) is 6.00. The van der Waals surface area contributed by atoms with Gasteiger partial charge in [0.1, 0.15) is 0 Å². The van der Waals surface area contributed by atoms with Gasteiger partial charge in [-0.25, -0.2) is 4.79 Å². The molecule has 1 heterocycles. The zero-order valence-corrected chi connectivity index (χ0v) is 10.6. The molecule has 1 fully saturated rings. The molecule has 1 aromatic carbocycles. The van der Waals surface area contributed by atoms with Crippen molar-refractivity contribution in [3.05, 3.63) is 29.8 Å². The summed E-state index contributed by atoms with van der Waals surface area (Å²) < 4.78 is 5.22. The van der Waals surface area contributed by atoms with Gasteiger partial charge >= 0.3 is 6.03 Å². The minimum absolute atomic E-state index is 0.0556. The van der Waals surface area contributed by atoms with Gasteiger partial charge in [0, 0.05) is 25.3 Å². The Morgan fingerprint density at radius 2 is 2.17 bits per heavy atom. The van der Waals surface area contributed by atoms with Crippen molar-refractivity contribution in [2.75, 3.05) is 38.7 Å². The van der Waals surface area contributed by atoms with Crippen LogP contribution in [0.2, 0.25) is 0 Å². The Morgan fingerprint density at radius 1 is 1.39 bits per heavy atom. The van der Waals surface area contributed by atoms with Crippen LogP contribution in [0.25, 0.3) is 0 Å². The highest BCUT2D eigenvalue weighted by atomic mass is 16.5. The molecule has 2 rings (SSSR count). The van der Waals surface area contributed by atoms with Crippen molar-refractivity contribution in [3.63, 3.8) is 0 Å². The summed E-state index contributed by atoms with van der Waals surface area (Å²) in [5.74, 6) is 0. The maximum absolute atomic E-state index is 12.0. The molecule has 5 heteroatoms. The zero-order chi connectivity index (χ0) is 12.8. The Balaban J connectivity index is 1.95. The second-order valence-corrected chi connectivity index (χ2v) is 4.26. The number of anilines is 1. The molecule has 0 aliphatic carbocycles. The SMILES string of the molecule is CNCc1cccc(NC(=O)N2CCOCC2)c1. The fraction of sp³-hybridized carbons (Fsp3) is 0.462. The highest BCUT2D eigenvalue weighted by Crippen LogP contribution is 2.11. The number of urea groups is 1. The van der Waals surface area contributed by atoms with Gasteiger partial charge in [-0.2, -0.15) is 0 Å². The lowest BCUT2D eigenvalue weighted by Gasteiger charge is -2.27. The third-order valence-electron chi connectivity index (χ3n) is 2.86. The maximum Gasteiger partial charge on any atom is 0.321 e. The first-order valence-corrected chi connectivity index (χ1v) is 6.17. The van der Waals surface area contributed by atoms with Crippen molar-refractivity contribution < 1.29 is 9.53 Å². The first-order chi connectivity index (χ1) is 8.79. The van der Waals surface area contributed by atoms with E-state index in [1.165, 1.54) is 0 Å². The van der Waals surface area contributed by atoms with Gasteiger partial charge in [-0.15, -0.1) is 0 Å². The second kappa shape index (κ2) is 6.37. The van der Waals surface area contributed by atoms with Gasteiger partial charge in [0.25, 0.3) is 0 Å². The summed E-state index contributed by atoms with van der Waals surface area (Å²) >= 11 is 0. The van der Waals surface area contributed by atoms with Gasteiger partial charge in [-0.1, -0.05) is 12.1 Å². The van der Waals surface area contributed by atoms with Gasteiger partial charge < -0.3 is 20.3 Å². The van der Waals surface area contributed by atoms with Gasteiger partial charge in [0.05, 0.1) is 13.2 Å². The Bertz CT molecular complexity index is 403. The number of ether oxygens (including phenoxy) is 1. The molecule has 0 saturated carbocycles. The Kier molecular flexibility index (Phi) is 4.55. The number of carbonyl (C=O) groups excluding carboxylic acids is 1. The standard InChI is InChI=1S/C13H19N3O2/c1-14-10-11-3-2-4-12(9-11)15-13(17)16-5-7-18-8-6-16/h2-4,9,14H,5-8,10H2,1H3,(H,15,17). The normalized spacial score (nSPS) is 15.5. The number of hydrogen-bond acceptors (Lipinski definition) is 3. The van der Waals surface area contributed by atoms with Crippen LogP contribution in [-0.2, 0) is 11.3 Å². The number of morpholine rings is 1. The Labute approximate surface area is 107 Å². The number of carbonyl (C=O) groups is 1. The third kappa shape index (κ3) is 3.45. The molecule has 1 aromatic rings. The average Bonchev–Trinajstić information content (AvgIpc) is 2.40. The molecular weight excluding hydrogens is 230 g/mol. The monoisotopic (exact) mass is 249 g/mol. The quantitative estimate of drug-likeness (QED) is 0.848. The van der Waals surface area contributed by atoms with Crippen LogP contribution in [0.1, 0.15) is 5.56 Å². The van der Waals surface area contributed by atoms with Crippen molar-refractivity contribution in [1.82, 2.24) is 10.2 Å². The van der Waals surface area contributed by atoms with Gasteiger partial charge in [-0.05, 0) is 24.7 Å². The molecule has 0 unspecified atom stereocenters. The smallest absolute Gasteiger partial charge is 0.321 e. The molecule has 1 saturated heterocycles. The number of hydrogen-bond donors (Lipinski definition) is 2. The molecular formula is C13H19N3O2. The molecule has 18 heavy (non-hydrogen) atoms. The topological polar surface area (TPSA) is 53.6 Å². The van der Waals surface area contributed by atoms with Crippen LogP contribution >= 0.6 is 0 Å². The predicted molar refractivity (Wildman–Crippen MR) is 70.6 cm³/mol. The van der Waals surface area contributed by atoms with E-state index in [-0.39, 0.29) is 6.03 Å². The predicted octanol–water partition coefficient (Wildman–Crippen LogP) is 1.27. The summed E-state index contributed by atoms with van der Waals surface area (Å²) in [7, 11) is 1.90. The Morgan fingerprint density at radius 3 is 2.89 bits per heavy atom. The van der Waals surface area contributed by atoms with Crippen LogP contribution in [0.3, 0.4) is 0 Å². The lowest BCUT2D eigenvalue weighted by atomic mass is 10.2. The van der Waals surface area contributed by atoms with E-state index in [1.54, 1.807) is 4.90 Å². The van der Waals surface area contributed by atoms with E-state index in [1.807, 2.05) is 31.3 Å². The van der Waals surface area contributed by atoms with Crippen LogP contribution in [0.4, 0.5) is 10.5 Å². The van der Waals surface area contributed by atoms with Crippen molar-refractivity contribution >= 4 is 11.7 Å². The molecule has 1 aliphatic rings. The minimum Gasteiger partial charge on any atom is -0.378 e. The van der Waals surface area contributed by atoms with Crippen LogP contribution in [0.5, 0.6) is 0 Å². The van der Waals surface area contributed by atoms with Crippen LogP contribution in [0.15, 0.2) is 24.3 Å². The van der Waals surface area contributed by atoms with Gasteiger partial charge in [-0.3, -0.25) is 0 Å². The van der Waals surface area contributed by atoms with E-state index in [0.29, 0.717) is 26.3 Å². The average molecular weight is 249 g/mol. The van der Waals surface area contributed by atoms with E-state index >= 15 is 0 Å². The van der Waals surface area contributed by atoms with E-state index in [4.69, 9.17) is 4.74 Å². The van der Waals surface area contributed by atoms with Crippen molar-refractivity contribution in [3.8, 4) is 0 Å². The first-order valence-electron chi connectivity index (χ1n) is 6.17. The van der Waals surface area contributed by atoms with E-state index in [9.17, 15) is 4.79 Å². The van der Waals surface area contributed by atoms with Crippen LogP contribution < -0.4 is 10.6 Å². The van der Waals surface area contributed by atoms with Crippen molar-refractivity contribution in [2.24, 2.45) is 0 Å². The minimum atomic E-state index is -0.0556. The lowest BCUT2D eigenvalue weighted by molar-refractivity contribution is 0.0564. The van der Waals surface area contributed by atoms with E-state index in [0.717, 1.165) is 17.8 Å². The molecule has 1 aliphatic heterocycles.